The number of benzene rings is 2. The van der Waals surface area contributed by atoms with Crippen LogP contribution in [0.3, 0.4) is 0 Å². The smallest absolute Gasteiger partial charge is 0.870 e. The minimum Gasteiger partial charge on any atom is -0.870 e. The molecule has 0 spiro atoms. The summed E-state index contributed by atoms with van der Waals surface area (Å²) in [6.45, 7) is 10.9. The van der Waals surface area contributed by atoms with Crippen LogP contribution in [0.15, 0.2) is 36.4 Å². The van der Waals surface area contributed by atoms with E-state index in [-0.39, 0.29) is 36.9 Å². The first-order chi connectivity index (χ1) is 28.9. The van der Waals surface area contributed by atoms with Crippen LogP contribution in [0, 0.1) is 11.8 Å². The monoisotopic (exact) mass is 978 g/mol. The molecule has 2 saturated heterocycles. The van der Waals surface area contributed by atoms with Gasteiger partial charge in [-0.05, 0) is 48.9 Å². The molecule has 0 bridgehead atoms. The Balaban J connectivity index is 0.000000325. The fourth-order valence-electron chi connectivity index (χ4n) is 6.94. The fourth-order valence-corrected chi connectivity index (χ4v) is 10.2. The molecule has 2 aliphatic rings. The number of nitrogens with zero attached hydrogens (tertiary/aromatic N) is 6. The second kappa shape index (κ2) is 24.1. The summed E-state index contributed by atoms with van der Waals surface area (Å²) in [6, 6.07) is 8.62. The van der Waals surface area contributed by atoms with Crippen molar-refractivity contribution in [2.45, 2.75) is 52.6 Å². The van der Waals surface area contributed by atoms with Crippen molar-refractivity contribution < 1.29 is 53.4 Å². The number of anilines is 2. The molecule has 2 aromatic carbocycles. The molecule has 2 aromatic heterocycles. The summed E-state index contributed by atoms with van der Waals surface area (Å²) in [7, 11) is 4.37. The topological polar surface area (TPSA) is 191 Å². The number of hydrogen-bond acceptors (Lipinski definition) is 12. The zero-order valence-electron chi connectivity index (χ0n) is 36.4. The first-order valence-corrected chi connectivity index (χ1v) is 22.8. The molecule has 0 saturated carbocycles. The third kappa shape index (κ3) is 13.3. The average molecular weight is 981 g/mol. The van der Waals surface area contributed by atoms with Gasteiger partial charge in [0.25, 0.3) is 0 Å². The number of ether oxygens (including phenoxy) is 1. The normalized spacial score (nSPS) is 16.1. The van der Waals surface area contributed by atoms with Gasteiger partial charge in [0.2, 0.25) is 0 Å². The van der Waals surface area contributed by atoms with Gasteiger partial charge in [0, 0.05) is 61.2 Å². The first kappa shape index (κ1) is 53.8. The molecule has 63 heavy (non-hydrogen) atoms. The molecule has 2 unspecified atom stereocenters. The number of urea groups is 2. The minimum absolute atomic E-state index is 0. The van der Waals surface area contributed by atoms with Gasteiger partial charge in [-0.15, -0.1) is 22.7 Å². The van der Waals surface area contributed by atoms with Gasteiger partial charge >= 0.3 is 42.9 Å². The molecule has 2 aliphatic heterocycles. The van der Waals surface area contributed by atoms with Crippen LogP contribution in [0.5, 0.6) is 0 Å². The minimum atomic E-state index is -1.04. The predicted molar refractivity (Wildman–Crippen MR) is 248 cm³/mol. The quantitative estimate of drug-likeness (QED) is 0.137. The Kier molecular flexibility index (Phi) is 20.6. The molecule has 4 heterocycles. The molecule has 2 fully saturated rings. The van der Waals surface area contributed by atoms with Crippen molar-refractivity contribution in [1.82, 2.24) is 30.4 Å². The van der Waals surface area contributed by atoms with Crippen LogP contribution in [-0.2, 0) is 27.2 Å². The Morgan fingerprint density at radius 3 is 1.46 bits per heavy atom. The zero-order valence-corrected chi connectivity index (χ0v) is 41.0. The number of methoxy groups -OCH3 is 1. The van der Waals surface area contributed by atoms with E-state index in [9.17, 15) is 24.3 Å². The number of thiazole rings is 2. The van der Waals surface area contributed by atoms with E-state index in [4.69, 9.17) is 61.1 Å². The average Bonchev–Trinajstić information content (AvgIpc) is 3.85. The van der Waals surface area contributed by atoms with Crippen molar-refractivity contribution >= 4 is 103 Å². The molecule has 4 aromatic rings. The second-order valence-electron chi connectivity index (χ2n) is 15.3. The van der Waals surface area contributed by atoms with E-state index in [1.165, 1.54) is 24.0 Å². The van der Waals surface area contributed by atoms with E-state index in [2.05, 4.69) is 38.3 Å². The van der Waals surface area contributed by atoms with Crippen LogP contribution in [0.25, 0.3) is 22.5 Å². The maximum absolute atomic E-state index is 12.4. The molecular weight excluding hydrogens is 929 g/mol. The summed E-state index contributed by atoms with van der Waals surface area (Å²) in [5.74, 6) is -0.608. The molecular formula is C41H51Cl4LiN8O7S2. The standard InChI is InChI=1S/C21H26Cl2N4O3S.C20H24Cl2N4O3S.Li.H2O/c1-12(2)9-17-18(13-5-6-14(22)15(23)10-13)25-21(31-17)26-7-8-27(20(29)24-3)16(11-26)19(28)30-4;1-11(2)8-16-17(12-4-5-13(21)14(22)9-12)24-20(30-16)25-6-7-26(19(29)23-3)15(10-25)18(27)28;;/h5-6,10,12,16H,7-9,11H2,1-4H3,(H,24,29);4-5,9,11,15H,6-8,10H2,1-3H3,(H,23,29)(H,27,28);;1H2/q;;+1;/p-1. The van der Waals surface area contributed by atoms with Crippen LogP contribution in [0.2, 0.25) is 20.1 Å². The van der Waals surface area contributed by atoms with E-state index in [0.717, 1.165) is 55.4 Å². The number of hydrogen-bond donors (Lipinski definition) is 3. The summed E-state index contributed by atoms with van der Waals surface area (Å²) >= 11 is 27.8. The van der Waals surface area contributed by atoms with Crippen molar-refractivity contribution in [2.75, 3.05) is 70.3 Å². The molecule has 0 radical (unpaired) electrons. The second-order valence-corrected chi connectivity index (χ2v) is 19.0. The number of rotatable bonds is 10. The Hall–Kier alpha value is -3.50. The Labute approximate surface area is 407 Å². The number of carboxylic acid groups (broad SMARTS) is 1. The van der Waals surface area contributed by atoms with E-state index < -0.39 is 30.1 Å². The van der Waals surface area contributed by atoms with Gasteiger partial charge in [0.1, 0.15) is 12.1 Å². The number of aromatic nitrogens is 2. The number of amides is 4. The molecule has 2 atom stereocenters. The van der Waals surface area contributed by atoms with Gasteiger partial charge < -0.3 is 45.6 Å². The number of nitrogens with one attached hydrogen (secondary N) is 2. The summed E-state index contributed by atoms with van der Waals surface area (Å²) < 4.78 is 4.94. The Morgan fingerprint density at radius 1 is 0.714 bits per heavy atom. The number of carbonyl (C=O) groups excluding carboxylic acids is 3. The zero-order chi connectivity index (χ0) is 44.7. The van der Waals surface area contributed by atoms with E-state index in [0.29, 0.717) is 64.7 Å². The van der Waals surface area contributed by atoms with Crippen molar-refractivity contribution in [2.24, 2.45) is 11.8 Å². The van der Waals surface area contributed by atoms with Gasteiger partial charge in [0.15, 0.2) is 10.3 Å². The third-order valence-electron chi connectivity index (χ3n) is 9.96. The summed E-state index contributed by atoms with van der Waals surface area (Å²) in [5.41, 5.74) is 3.49. The van der Waals surface area contributed by atoms with Crippen LogP contribution in [0.4, 0.5) is 19.9 Å². The summed E-state index contributed by atoms with van der Waals surface area (Å²) in [4.78, 5) is 67.2. The van der Waals surface area contributed by atoms with E-state index >= 15 is 0 Å². The van der Waals surface area contributed by atoms with Gasteiger partial charge in [-0.1, -0.05) is 86.2 Å². The predicted octanol–water partition coefficient (Wildman–Crippen LogP) is 5.38. The van der Waals surface area contributed by atoms with Crippen LogP contribution in [0.1, 0.15) is 37.4 Å². The molecule has 338 valence electrons. The number of carbonyl (C=O) groups is 4. The SMILES string of the molecule is CNC(=O)N1CCN(c2nc(-c3ccc(Cl)c(Cl)c3)c(CC(C)C)s2)CC1C(=O)O.CNC(=O)N1CCN(c2nc(-c3ccc(Cl)c(Cl)c3)c(CC(C)C)s2)CC1C(=O)OC.[Li+].[OH-]. The molecule has 6 rings (SSSR count). The summed E-state index contributed by atoms with van der Waals surface area (Å²) in [6.07, 6.45) is 1.71. The maximum atomic E-state index is 12.4. The Morgan fingerprint density at radius 2 is 1.11 bits per heavy atom. The molecule has 22 heteroatoms. The van der Waals surface area contributed by atoms with Crippen LogP contribution >= 0.6 is 69.1 Å². The van der Waals surface area contributed by atoms with E-state index in [1.54, 1.807) is 47.9 Å². The van der Waals surface area contributed by atoms with Crippen LogP contribution in [-0.4, -0.2) is 127 Å². The van der Waals surface area contributed by atoms with E-state index in [1.807, 2.05) is 28.0 Å². The van der Waals surface area contributed by atoms with Crippen molar-refractivity contribution in [3.63, 3.8) is 0 Å². The fraction of sp³-hybridized carbons (Fsp3) is 0.463. The largest absolute Gasteiger partial charge is 1.00 e. The number of carboxylic acids is 1. The number of piperazine rings is 2. The number of halogens is 4. The van der Waals surface area contributed by atoms with Gasteiger partial charge in [-0.2, -0.15) is 0 Å². The molecule has 4 N–H and O–H groups in total. The Bertz CT molecular complexity index is 2230. The van der Waals surface area contributed by atoms with Gasteiger partial charge in [-0.3, -0.25) is 0 Å². The van der Waals surface area contributed by atoms with Crippen molar-refractivity contribution in [3.8, 4) is 22.5 Å². The van der Waals surface area contributed by atoms with Crippen LogP contribution < -0.4 is 39.3 Å². The van der Waals surface area contributed by atoms with Crippen molar-refractivity contribution in [3.05, 3.63) is 66.2 Å². The van der Waals surface area contributed by atoms with Gasteiger partial charge in [0.05, 0.1) is 51.7 Å². The van der Waals surface area contributed by atoms with Crippen molar-refractivity contribution in [1.29, 1.82) is 0 Å². The summed E-state index contributed by atoms with van der Waals surface area (Å²) in [5, 5.41) is 18.2. The molecule has 0 aliphatic carbocycles. The maximum Gasteiger partial charge on any atom is 1.00 e. The van der Waals surface area contributed by atoms with Gasteiger partial charge in [-0.25, -0.2) is 29.1 Å². The molecule has 4 amide bonds. The third-order valence-corrected chi connectivity index (χ3v) is 13.7. The number of aliphatic carboxylic acids is 1. The first-order valence-electron chi connectivity index (χ1n) is 19.6. The molecule has 15 nitrogen and oxygen atoms in total. The number of esters is 1.